The minimum Gasteiger partial charge on any atom is -0.460 e. The standard InChI is InChI=1S/C26H48O12/c1-3-5-28-6-7-29-8-9-30-10-11-31-12-13-32-14-15-33-16-17-34-18-19-35-20-21-36-22-23-37-24-25-38-26(27)4-2/h3-4H,1-2,5-25H2. The van der Waals surface area contributed by atoms with Gasteiger partial charge in [0.1, 0.15) is 6.61 Å². The Balaban J connectivity index is 3.04. The lowest BCUT2D eigenvalue weighted by Gasteiger charge is -2.09. The van der Waals surface area contributed by atoms with Crippen LogP contribution in [-0.2, 0) is 56.9 Å². The van der Waals surface area contributed by atoms with E-state index in [0.29, 0.717) is 132 Å². The van der Waals surface area contributed by atoms with Crippen molar-refractivity contribution in [1.82, 2.24) is 0 Å². The van der Waals surface area contributed by atoms with E-state index in [9.17, 15) is 4.79 Å². The first-order valence-electron chi connectivity index (χ1n) is 13.0. The SMILES string of the molecule is C=CCOCCOCCOCCOCCOCCOCCOCCOCCOCCOCCOC(=O)C=C. The van der Waals surface area contributed by atoms with Crippen molar-refractivity contribution in [2.75, 3.05) is 139 Å². The van der Waals surface area contributed by atoms with Crippen LogP contribution in [0.3, 0.4) is 0 Å². The van der Waals surface area contributed by atoms with Crippen LogP contribution >= 0.6 is 0 Å². The molecule has 12 nitrogen and oxygen atoms in total. The molecule has 0 aliphatic heterocycles. The summed E-state index contributed by atoms with van der Waals surface area (Å²) in [6.07, 6.45) is 2.82. The highest BCUT2D eigenvalue weighted by Gasteiger charge is 1.97. The van der Waals surface area contributed by atoms with Crippen molar-refractivity contribution in [3.05, 3.63) is 25.3 Å². The molecule has 0 aliphatic rings. The smallest absolute Gasteiger partial charge is 0.330 e. The Labute approximate surface area is 227 Å². The van der Waals surface area contributed by atoms with Gasteiger partial charge in [0.2, 0.25) is 0 Å². The van der Waals surface area contributed by atoms with E-state index in [4.69, 9.17) is 52.1 Å². The number of hydrogen-bond acceptors (Lipinski definition) is 12. The topological polar surface area (TPSA) is 119 Å². The summed E-state index contributed by atoms with van der Waals surface area (Å²) in [6, 6.07) is 0. The number of hydrogen-bond donors (Lipinski definition) is 0. The first kappa shape index (κ1) is 36.5. The van der Waals surface area contributed by atoms with Gasteiger partial charge in [-0.1, -0.05) is 12.7 Å². The molecule has 0 fully saturated rings. The van der Waals surface area contributed by atoms with Gasteiger partial charge >= 0.3 is 5.97 Å². The van der Waals surface area contributed by atoms with Crippen LogP contribution in [0, 0.1) is 0 Å². The number of carbonyl (C=O) groups is 1. The maximum absolute atomic E-state index is 10.8. The first-order chi connectivity index (χ1) is 18.8. The van der Waals surface area contributed by atoms with E-state index in [1.165, 1.54) is 0 Å². The molecular formula is C26H48O12. The molecule has 0 unspecified atom stereocenters. The van der Waals surface area contributed by atoms with Crippen molar-refractivity contribution in [1.29, 1.82) is 0 Å². The van der Waals surface area contributed by atoms with Gasteiger partial charge in [0.05, 0.1) is 132 Å². The minimum absolute atomic E-state index is 0.200. The van der Waals surface area contributed by atoms with Gasteiger partial charge in [0.15, 0.2) is 0 Å². The first-order valence-corrected chi connectivity index (χ1v) is 13.0. The second-order valence-corrected chi connectivity index (χ2v) is 7.25. The van der Waals surface area contributed by atoms with Gasteiger partial charge in [-0.05, 0) is 0 Å². The molecule has 0 atom stereocenters. The predicted molar refractivity (Wildman–Crippen MR) is 140 cm³/mol. The largest absolute Gasteiger partial charge is 0.460 e. The third-order valence-electron chi connectivity index (χ3n) is 4.22. The summed E-state index contributed by atoms with van der Waals surface area (Å²) >= 11 is 0. The van der Waals surface area contributed by atoms with E-state index in [1.807, 2.05) is 0 Å². The fourth-order valence-corrected chi connectivity index (χ4v) is 2.41. The minimum atomic E-state index is -0.458. The lowest BCUT2D eigenvalue weighted by molar-refractivity contribution is -0.139. The molecule has 0 aromatic heterocycles. The molecule has 12 heteroatoms. The molecule has 0 rings (SSSR count). The zero-order valence-electron chi connectivity index (χ0n) is 22.8. The molecule has 0 bridgehead atoms. The maximum atomic E-state index is 10.8. The Kier molecular flexibility index (Phi) is 32.3. The molecule has 38 heavy (non-hydrogen) atoms. The normalized spacial score (nSPS) is 11.1. The van der Waals surface area contributed by atoms with Crippen LogP contribution in [0.25, 0.3) is 0 Å². The maximum Gasteiger partial charge on any atom is 0.330 e. The summed E-state index contributed by atoms with van der Waals surface area (Å²) in [5, 5.41) is 0. The molecule has 224 valence electrons. The summed E-state index contributed by atoms with van der Waals surface area (Å²) in [6.45, 7) is 17.0. The fourth-order valence-electron chi connectivity index (χ4n) is 2.41. The van der Waals surface area contributed by atoms with Crippen LogP contribution in [0.1, 0.15) is 0 Å². The van der Waals surface area contributed by atoms with Crippen molar-refractivity contribution in [3.63, 3.8) is 0 Å². The molecule has 0 aromatic rings. The zero-order valence-corrected chi connectivity index (χ0v) is 22.8. The second-order valence-electron chi connectivity index (χ2n) is 7.25. The summed E-state index contributed by atoms with van der Waals surface area (Å²) in [5.74, 6) is -0.458. The third-order valence-corrected chi connectivity index (χ3v) is 4.22. The van der Waals surface area contributed by atoms with Gasteiger partial charge in [-0.2, -0.15) is 0 Å². The van der Waals surface area contributed by atoms with E-state index in [2.05, 4.69) is 13.2 Å². The number of carbonyl (C=O) groups excluding carboxylic acids is 1. The Bertz CT molecular complexity index is 507. The van der Waals surface area contributed by atoms with Crippen LogP contribution in [0.2, 0.25) is 0 Å². The van der Waals surface area contributed by atoms with Crippen LogP contribution in [-0.4, -0.2) is 145 Å². The van der Waals surface area contributed by atoms with Crippen molar-refractivity contribution in [3.8, 4) is 0 Å². The molecule has 0 saturated carbocycles. The lowest BCUT2D eigenvalue weighted by Crippen LogP contribution is -2.15. The number of rotatable bonds is 33. The van der Waals surface area contributed by atoms with Crippen molar-refractivity contribution >= 4 is 5.97 Å². The highest BCUT2D eigenvalue weighted by molar-refractivity contribution is 5.81. The quantitative estimate of drug-likeness (QED) is 0.0501. The highest BCUT2D eigenvalue weighted by Crippen LogP contribution is 1.87. The summed E-state index contributed by atoms with van der Waals surface area (Å²) in [5.41, 5.74) is 0. The average Bonchev–Trinajstić information content (AvgIpc) is 2.93. The Morgan fingerprint density at radius 1 is 0.395 bits per heavy atom. The van der Waals surface area contributed by atoms with E-state index in [0.717, 1.165) is 6.08 Å². The van der Waals surface area contributed by atoms with Crippen molar-refractivity contribution in [2.24, 2.45) is 0 Å². The molecule has 0 radical (unpaired) electrons. The molecule has 0 N–H and O–H groups in total. The second kappa shape index (κ2) is 33.6. The van der Waals surface area contributed by atoms with Gasteiger partial charge in [-0.25, -0.2) is 4.79 Å². The molecule has 0 aromatic carbocycles. The van der Waals surface area contributed by atoms with Crippen LogP contribution in [0.4, 0.5) is 0 Å². The molecular weight excluding hydrogens is 504 g/mol. The fraction of sp³-hybridized carbons (Fsp3) is 0.808. The monoisotopic (exact) mass is 552 g/mol. The van der Waals surface area contributed by atoms with Gasteiger partial charge in [-0.3, -0.25) is 0 Å². The summed E-state index contributed by atoms with van der Waals surface area (Å²) < 4.78 is 58.5. The number of esters is 1. The van der Waals surface area contributed by atoms with Gasteiger partial charge in [0.25, 0.3) is 0 Å². The highest BCUT2D eigenvalue weighted by atomic mass is 16.6. The Morgan fingerprint density at radius 2 is 0.632 bits per heavy atom. The van der Waals surface area contributed by atoms with Crippen LogP contribution in [0.15, 0.2) is 25.3 Å². The predicted octanol–water partition coefficient (Wildman–Crippen LogP) is 1.07. The average molecular weight is 553 g/mol. The van der Waals surface area contributed by atoms with Gasteiger partial charge in [-0.15, -0.1) is 6.58 Å². The summed E-state index contributed by atoms with van der Waals surface area (Å²) in [7, 11) is 0. The van der Waals surface area contributed by atoms with Gasteiger partial charge < -0.3 is 52.1 Å². The van der Waals surface area contributed by atoms with E-state index >= 15 is 0 Å². The van der Waals surface area contributed by atoms with Crippen molar-refractivity contribution < 1.29 is 56.9 Å². The van der Waals surface area contributed by atoms with E-state index < -0.39 is 5.97 Å². The Hall–Kier alpha value is -1.45. The molecule has 0 amide bonds. The molecule has 0 spiro atoms. The Morgan fingerprint density at radius 3 is 0.868 bits per heavy atom. The third kappa shape index (κ3) is 32.6. The number of ether oxygens (including phenoxy) is 11. The molecule has 0 saturated heterocycles. The zero-order chi connectivity index (χ0) is 27.6. The van der Waals surface area contributed by atoms with Crippen LogP contribution < -0.4 is 0 Å². The molecule has 0 aliphatic carbocycles. The van der Waals surface area contributed by atoms with E-state index in [1.54, 1.807) is 6.08 Å². The van der Waals surface area contributed by atoms with Crippen molar-refractivity contribution in [2.45, 2.75) is 0 Å². The van der Waals surface area contributed by atoms with Gasteiger partial charge in [0, 0.05) is 6.08 Å². The van der Waals surface area contributed by atoms with Crippen LogP contribution in [0.5, 0.6) is 0 Å². The summed E-state index contributed by atoms with van der Waals surface area (Å²) in [4.78, 5) is 10.8. The molecule has 0 heterocycles. The van der Waals surface area contributed by atoms with E-state index in [-0.39, 0.29) is 6.61 Å². The lowest BCUT2D eigenvalue weighted by atomic mass is 10.6.